The molecule has 0 aliphatic heterocycles. The molecule has 138 valence electrons. The lowest BCUT2D eigenvalue weighted by Crippen LogP contribution is -2.32. The third kappa shape index (κ3) is 4.92. The van der Waals surface area contributed by atoms with E-state index in [1.807, 2.05) is 17.5 Å². The molecule has 0 saturated carbocycles. The van der Waals surface area contributed by atoms with Crippen LogP contribution in [0, 0.1) is 5.82 Å². The van der Waals surface area contributed by atoms with Gasteiger partial charge in [0.25, 0.3) is 5.91 Å². The van der Waals surface area contributed by atoms with Gasteiger partial charge in [-0.05, 0) is 53.4 Å². The molecule has 3 N–H and O–H groups in total. The van der Waals surface area contributed by atoms with Gasteiger partial charge in [0.15, 0.2) is 6.61 Å². The van der Waals surface area contributed by atoms with Crippen LogP contribution in [0.15, 0.2) is 66.0 Å². The Bertz CT molecular complexity index is 909. The van der Waals surface area contributed by atoms with Gasteiger partial charge in [-0.2, -0.15) is 0 Å². The van der Waals surface area contributed by atoms with Crippen molar-refractivity contribution in [3.05, 3.63) is 87.9 Å². The molecule has 2 amide bonds. The number of primary amides is 1. The summed E-state index contributed by atoms with van der Waals surface area (Å²) in [4.78, 5) is 24.4. The predicted octanol–water partition coefficient (Wildman–Crippen LogP) is 3.27. The van der Waals surface area contributed by atoms with Crippen LogP contribution in [0.3, 0.4) is 0 Å². The zero-order valence-electron chi connectivity index (χ0n) is 14.2. The first-order valence-corrected chi connectivity index (χ1v) is 9.02. The molecule has 0 saturated heterocycles. The highest BCUT2D eigenvalue weighted by Gasteiger charge is 2.18. The Kier molecular flexibility index (Phi) is 5.83. The van der Waals surface area contributed by atoms with Crippen LogP contribution < -0.4 is 15.8 Å². The van der Waals surface area contributed by atoms with Gasteiger partial charge in [-0.15, -0.1) is 11.3 Å². The van der Waals surface area contributed by atoms with E-state index < -0.39 is 5.91 Å². The van der Waals surface area contributed by atoms with Crippen LogP contribution in [0.2, 0.25) is 0 Å². The molecule has 0 aliphatic carbocycles. The van der Waals surface area contributed by atoms with E-state index >= 15 is 0 Å². The normalized spacial score (nSPS) is 11.6. The van der Waals surface area contributed by atoms with Crippen molar-refractivity contribution in [1.29, 1.82) is 0 Å². The summed E-state index contributed by atoms with van der Waals surface area (Å²) in [5.41, 5.74) is 6.32. The van der Waals surface area contributed by atoms with E-state index in [0.29, 0.717) is 11.3 Å². The monoisotopic (exact) mass is 384 g/mol. The van der Waals surface area contributed by atoms with Crippen LogP contribution in [-0.4, -0.2) is 18.4 Å². The molecule has 0 spiro atoms. The molecular weight excluding hydrogens is 367 g/mol. The smallest absolute Gasteiger partial charge is 0.258 e. The van der Waals surface area contributed by atoms with Gasteiger partial charge in [0, 0.05) is 10.4 Å². The van der Waals surface area contributed by atoms with Crippen LogP contribution in [-0.2, 0) is 4.79 Å². The predicted molar refractivity (Wildman–Crippen MR) is 101 cm³/mol. The van der Waals surface area contributed by atoms with E-state index in [1.54, 1.807) is 24.3 Å². The zero-order chi connectivity index (χ0) is 19.2. The number of nitrogens with one attached hydrogen (secondary N) is 1. The van der Waals surface area contributed by atoms with Gasteiger partial charge >= 0.3 is 0 Å². The molecule has 0 aliphatic rings. The Labute approximate surface area is 159 Å². The van der Waals surface area contributed by atoms with E-state index in [4.69, 9.17) is 10.5 Å². The van der Waals surface area contributed by atoms with Crippen LogP contribution in [0.1, 0.15) is 26.8 Å². The number of carbonyl (C=O) groups is 2. The number of nitrogens with two attached hydrogens (primary N) is 1. The van der Waals surface area contributed by atoms with Crippen molar-refractivity contribution < 1.29 is 18.7 Å². The third-order valence-electron chi connectivity index (χ3n) is 3.85. The number of hydrogen-bond acceptors (Lipinski definition) is 4. The number of ether oxygens (including phenoxy) is 1. The summed E-state index contributed by atoms with van der Waals surface area (Å²) >= 11 is 1.50. The maximum Gasteiger partial charge on any atom is 0.258 e. The maximum absolute atomic E-state index is 13.2. The molecule has 3 rings (SSSR count). The fourth-order valence-corrected chi connectivity index (χ4v) is 3.30. The topological polar surface area (TPSA) is 81.4 Å². The number of thiophene rings is 1. The molecule has 0 fully saturated rings. The SMILES string of the molecule is NC(=O)c1ccc(OCC(=O)NC(c2ccc(F)cc2)c2cccs2)cc1. The second kappa shape index (κ2) is 8.46. The fourth-order valence-electron chi connectivity index (χ4n) is 2.50. The summed E-state index contributed by atoms with van der Waals surface area (Å²) in [6, 6.07) is 15.6. The molecule has 1 aromatic heterocycles. The van der Waals surface area contributed by atoms with Crippen molar-refractivity contribution in [1.82, 2.24) is 5.32 Å². The maximum atomic E-state index is 13.2. The molecule has 5 nitrogen and oxygen atoms in total. The number of hydrogen-bond donors (Lipinski definition) is 2. The van der Waals surface area contributed by atoms with Crippen LogP contribution >= 0.6 is 11.3 Å². The van der Waals surface area contributed by atoms with Gasteiger partial charge in [0.1, 0.15) is 11.6 Å². The fraction of sp³-hybridized carbons (Fsp3) is 0.100. The molecule has 1 heterocycles. The first kappa shape index (κ1) is 18.6. The van der Waals surface area contributed by atoms with Crippen molar-refractivity contribution in [2.75, 3.05) is 6.61 Å². The van der Waals surface area contributed by atoms with Gasteiger partial charge in [0.05, 0.1) is 6.04 Å². The second-order valence-electron chi connectivity index (χ2n) is 5.74. The third-order valence-corrected chi connectivity index (χ3v) is 4.78. The molecule has 0 radical (unpaired) electrons. The van der Waals surface area contributed by atoms with Crippen molar-refractivity contribution in [2.24, 2.45) is 5.73 Å². The number of benzene rings is 2. The van der Waals surface area contributed by atoms with E-state index in [1.165, 1.54) is 35.6 Å². The minimum atomic E-state index is -0.530. The van der Waals surface area contributed by atoms with Gasteiger partial charge in [-0.3, -0.25) is 9.59 Å². The first-order valence-electron chi connectivity index (χ1n) is 8.14. The van der Waals surface area contributed by atoms with E-state index in [-0.39, 0.29) is 24.4 Å². The Morgan fingerprint density at radius 1 is 1.07 bits per heavy atom. The minimum Gasteiger partial charge on any atom is -0.484 e. The average molecular weight is 384 g/mol. The lowest BCUT2D eigenvalue weighted by atomic mass is 10.1. The van der Waals surface area contributed by atoms with E-state index in [2.05, 4.69) is 5.32 Å². The highest BCUT2D eigenvalue weighted by atomic mass is 32.1. The summed E-state index contributed by atoms with van der Waals surface area (Å²) in [7, 11) is 0. The summed E-state index contributed by atoms with van der Waals surface area (Å²) < 4.78 is 18.7. The molecule has 7 heteroatoms. The molecule has 0 bridgehead atoms. The molecule has 1 atom stereocenters. The van der Waals surface area contributed by atoms with Crippen LogP contribution in [0.5, 0.6) is 5.75 Å². The molecule has 1 unspecified atom stereocenters. The molecule has 3 aromatic rings. The standard InChI is InChI=1S/C20H17FN2O3S/c21-15-7-3-13(4-8-15)19(17-2-1-11-27-17)23-18(24)12-26-16-9-5-14(6-10-16)20(22)25/h1-11,19H,12H2,(H2,22,25)(H,23,24). The Morgan fingerprint density at radius 3 is 2.37 bits per heavy atom. The summed E-state index contributed by atoms with van der Waals surface area (Å²) in [5, 5.41) is 4.82. The lowest BCUT2D eigenvalue weighted by Gasteiger charge is -2.18. The quantitative estimate of drug-likeness (QED) is 0.656. The minimum absolute atomic E-state index is 0.195. The van der Waals surface area contributed by atoms with Gasteiger partial charge < -0.3 is 15.8 Å². The Hall–Kier alpha value is -3.19. The molecule has 2 aromatic carbocycles. The summed E-state index contributed by atoms with van der Waals surface area (Å²) in [5.74, 6) is -0.739. The highest BCUT2D eigenvalue weighted by Crippen LogP contribution is 2.26. The average Bonchev–Trinajstić information content (AvgIpc) is 3.20. The summed E-state index contributed by atoms with van der Waals surface area (Å²) in [6.07, 6.45) is 0. The second-order valence-corrected chi connectivity index (χ2v) is 6.72. The number of carbonyl (C=O) groups excluding carboxylic acids is 2. The van der Waals surface area contributed by atoms with Gasteiger partial charge in [-0.25, -0.2) is 4.39 Å². The van der Waals surface area contributed by atoms with Crippen molar-refractivity contribution in [2.45, 2.75) is 6.04 Å². The zero-order valence-corrected chi connectivity index (χ0v) is 15.0. The largest absolute Gasteiger partial charge is 0.484 e. The lowest BCUT2D eigenvalue weighted by molar-refractivity contribution is -0.123. The number of amides is 2. The number of rotatable bonds is 7. The van der Waals surface area contributed by atoms with Gasteiger partial charge in [0.2, 0.25) is 5.91 Å². The van der Waals surface area contributed by atoms with Crippen LogP contribution in [0.4, 0.5) is 4.39 Å². The van der Waals surface area contributed by atoms with E-state index in [0.717, 1.165) is 10.4 Å². The number of halogens is 1. The Balaban J connectivity index is 1.66. The first-order chi connectivity index (χ1) is 13.0. The molecular formula is C20H17FN2O3S. The van der Waals surface area contributed by atoms with Crippen molar-refractivity contribution >= 4 is 23.2 Å². The van der Waals surface area contributed by atoms with Crippen molar-refractivity contribution in [3.8, 4) is 5.75 Å². The van der Waals surface area contributed by atoms with Crippen LogP contribution in [0.25, 0.3) is 0 Å². The highest BCUT2D eigenvalue weighted by molar-refractivity contribution is 7.10. The molecule has 27 heavy (non-hydrogen) atoms. The summed E-state index contributed by atoms with van der Waals surface area (Å²) in [6.45, 7) is -0.195. The van der Waals surface area contributed by atoms with Gasteiger partial charge in [-0.1, -0.05) is 18.2 Å². The van der Waals surface area contributed by atoms with Crippen molar-refractivity contribution in [3.63, 3.8) is 0 Å². The Morgan fingerprint density at radius 2 is 1.78 bits per heavy atom. The van der Waals surface area contributed by atoms with E-state index in [9.17, 15) is 14.0 Å².